The van der Waals surface area contributed by atoms with Crippen LogP contribution < -0.4 is 21.5 Å². The molecule has 1 aromatic heterocycles. The number of nitrogens with two attached hydrogens (primary N) is 1. The second-order valence-corrected chi connectivity index (χ2v) is 4.46. The lowest BCUT2D eigenvalue weighted by atomic mass is 10.2. The number of carbonyl (C=O) groups is 1. The molecule has 0 aliphatic rings. The van der Waals surface area contributed by atoms with Gasteiger partial charge in [0, 0.05) is 13.6 Å². The third kappa shape index (κ3) is 4.54. The van der Waals surface area contributed by atoms with Crippen LogP contribution in [0.15, 0.2) is 12.4 Å². The number of nitrogens with one attached hydrogen (secondary N) is 2. The van der Waals surface area contributed by atoms with E-state index in [9.17, 15) is 4.79 Å². The molecule has 4 N–H and O–H groups in total. The quantitative estimate of drug-likeness (QED) is 0.486. The minimum atomic E-state index is -0.0425. The molecule has 0 saturated heterocycles. The fraction of sp³-hybridized carbons (Fsp3) is 0.545. The van der Waals surface area contributed by atoms with Crippen molar-refractivity contribution in [2.45, 2.75) is 13.8 Å². The van der Waals surface area contributed by atoms with Crippen molar-refractivity contribution in [3.8, 4) is 0 Å². The molecular formula is C11H20N6O. The standard InChI is InChI=1S/C11H20N6O/c1-8(2)4-14-11(18)7-17(3)10-6-13-5-9(15-10)16-12/h5-6,8H,4,7,12H2,1-3H3,(H,14,18)(H,15,16). The number of hydrazine groups is 1. The molecule has 0 aliphatic carbocycles. The second-order valence-electron chi connectivity index (χ2n) is 4.46. The van der Waals surface area contributed by atoms with Gasteiger partial charge >= 0.3 is 0 Å². The Morgan fingerprint density at radius 2 is 2.22 bits per heavy atom. The number of anilines is 2. The average Bonchev–Trinajstić information content (AvgIpc) is 2.36. The minimum Gasteiger partial charge on any atom is -0.354 e. The van der Waals surface area contributed by atoms with Gasteiger partial charge in [-0.25, -0.2) is 10.8 Å². The lowest BCUT2D eigenvalue weighted by Gasteiger charge is -2.18. The maximum atomic E-state index is 11.6. The summed E-state index contributed by atoms with van der Waals surface area (Å²) in [5.41, 5.74) is 2.41. The Morgan fingerprint density at radius 1 is 1.50 bits per heavy atom. The van der Waals surface area contributed by atoms with Gasteiger partial charge in [-0.05, 0) is 5.92 Å². The van der Waals surface area contributed by atoms with Gasteiger partial charge in [0.1, 0.15) is 5.82 Å². The molecular weight excluding hydrogens is 232 g/mol. The van der Waals surface area contributed by atoms with Gasteiger partial charge in [0.2, 0.25) is 5.91 Å². The molecule has 100 valence electrons. The van der Waals surface area contributed by atoms with Crippen LogP contribution in [0.1, 0.15) is 13.8 Å². The van der Waals surface area contributed by atoms with Crippen molar-refractivity contribution in [2.24, 2.45) is 11.8 Å². The van der Waals surface area contributed by atoms with Gasteiger partial charge in [0.05, 0.1) is 18.9 Å². The highest BCUT2D eigenvalue weighted by Gasteiger charge is 2.09. The Bertz CT molecular complexity index is 395. The number of hydrogen-bond donors (Lipinski definition) is 3. The Morgan fingerprint density at radius 3 is 2.83 bits per heavy atom. The van der Waals surface area contributed by atoms with E-state index in [2.05, 4.69) is 20.7 Å². The Kier molecular flexibility index (Phi) is 5.31. The summed E-state index contributed by atoms with van der Waals surface area (Å²) in [5, 5.41) is 2.84. The fourth-order valence-corrected chi connectivity index (χ4v) is 1.28. The molecule has 0 aliphatic heterocycles. The number of nitrogen functional groups attached to an aromatic ring is 1. The average molecular weight is 252 g/mol. The second kappa shape index (κ2) is 6.75. The number of nitrogens with zero attached hydrogens (tertiary/aromatic N) is 3. The number of rotatable bonds is 6. The zero-order valence-electron chi connectivity index (χ0n) is 11.0. The van der Waals surface area contributed by atoms with E-state index in [1.165, 1.54) is 6.20 Å². The third-order valence-electron chi connectivity index (χ3n) is 2.25. The summed E-state index contributed by atoms with van der Waals surface area (Å²) in [5.74, 6) is 6.69. The van der Waals surface area contributed by atoms with E-state index in [4.69, 9.17) is 5.84 Å². The van der Waals surface area contributed by atoms with Crippen molar-refractivity contribution < 1.29 is 4.79 Å². The number of aromatic nitrogens is 2. The number of carbonyl (C=O) groups excluding carboxylic acids is 1. The molecule has 18 heavy (non-hydrogen) atoms. The van der Waals surface area contributed by atoms with Crippen molar-refractivity contribution in [3.05, 3.63) is 12.4 Å². The minimum absolute atomic E-state index is 0.0425. The first-order valence-electron chi connectivity index (χ1n) is 5.79. The van der Waals surface area contributed by atoms with Crippen molar-refractivity contribution in [1.82, 2.24) is 15.3 Å². The van der Waals surface area contributed by atoms with E-state index >= 15 is 0 Å². The summed E-state index contributed by atoms with van der Waals surface area (Å²) in [6.07, 6.45) is 3.09. The van der Waals surface area contributed by atoms with Gasteiger partial charge in [0.25, 0.3) is 0 Å². The normalized spacial score (nSPS) is 10.3. The topological polar surface area (TPSA) is 96.2 Å². The summed E-state index contributed by atoms with van der Waals surface area (Å²) in [4.78, 5) is 21.5. The molecule has 0 bridgehead atoms. The van der Waals surface area contributed by atoms with E-state index in [1.807, 2.05) is 13.8 Å². The van der Waals surface area contributed by atoms with Crippen LogP contribution in [-0.4, -0.2) is 36.0 Å². The molecule has 0 spiro atoms. The van der Waals surface area contributed by atoms with Gasteiger partial charge in [0.15, 0.2) is 5.82 Å². The molecule has 0 radical (unpaired) electrons. The molecule has 0 fully saturated rings. The maximum absolute atomic E-state index is 11.6. The van der Waals surface area contributed by atoms with Gasteiger partial charge < -0.3 is 15.6 Å². The van der Waals surface area contributed by atoms with Gasteiger partial charge in [-0.1, -0.05) is 13.8 Å². The highest BCUT2D eigenvalue weighted by atomic mass is 16.2. The monoisotopic (exact) mass is 252 g/mol. The molecule has 0 unspecified atom stereocenters. The molecule has 0 saturated carbocycles. The van der Waals surface area contributed by atoms with Gasteiger partial charge in [-0.3, -0.25) is 9.78 Å². The lowest BCUT2D eigenvalue weighted by Crippen LogP contribution is -2.37. The van der Waals surface area contributed by atoms with Crippen molar-refractivity contribution in [3.63, 3.8) is 0 Å². The molecule has 7 nitrogen and oxygen atoms in total. The van der Waals surface area contributed by atoms with Crippen LogP contribution in [0.25, 0.3) is 0 Å². The predicted molar refractivity (Wildman–Crippen MR) is 71.0 cm³/mol. The SMILES string of the molecule is CC(C)CNC(=O)CN(C)c1cncc(NN)n1. The first-order chi connectivity index (χ1) is 8.52. The van der Waals surface area contributed by atoms with Crippen LogP contribution in [0.2, 0.25) is 0 Å². The van der Waals surface area contributed by atoms with Crippen molar-refractivity contribution >= 4 is 17.5 Å². The van der Waals surface area contributed by atoms with E-state index in [-0.39, 0.29) is 12.5 Å². The first kappa shape index (κ1) is 14.2. The zero-order valence-corrected chi connectivity index (χ0v) is 11.0. The highest BCUT2D eigenvalue weighted by molar-refractivity contribution is 5.80. The van der Waals surface area contributed by atoms with Crippen LogP contribution in [0.5, 0.6) is 0 Å². The largest absolute Gasteiger partial charge is 0.354 e. The summed E-state index contributed by atoms with van der Waals surface area (Å²) < 4.78 is 0. The van der Waals surface area contributed by atoms with Crippen LogP contribution in [0.4, 0.5) is 11.6 Å². The van der Waals surface area contributed by atoms with E-state index in [0.29, 0.717) is 24.1 Å². The van der Waals surface area contributed by atoms with Gasteiger partial charge in [-0.2, -0.15) is 0 Å². The van der Waals surface area contributed by atoms with Crippen LogP contribution >= 0.6 is 0 Å². The molecule has 0 atom stereocenters. The summed E-state index contributed by atoms with van der Waals surface area (Å²) in [7, 11) is 1.78. The third-order valence-corrected chi connectivity index (χ3v) is 2.25. The van der Waals surface area contributed by atoms with Crippen molar-refractivity contribution in [1.29, 1.82) is 0 Å². The molecule has 0 aromatic carbocycles. The molecule has 1 heterocycles. The first-order valence-corrected chi connectivity index (χ1v) is 5.79. The molecule has 1 aromatic rings. The Labute approximate surface area is 107 Å². The number of likely N-dealkylation sites (N-methyl/N-ethyl adjacent to an activating group) is 1. The van der Waals surface area contributed by atoms with Crippen LogP contribution in [-0.2, 0) is 4.79 Å². The molecule has 1 rings (SSSR count). The Balaban J connectivity index is 2.53. The maximum Gasteiger partial charge on any atom is 0.239 e. The van der Waals surface area contributed by atoms with Gasteiger partial charge in [-0.15, -0.1) is 0 Å². The number of hydrogen-bond acceptors (Lipinski definition) is 6. The summed E-state index contributed by atoms with van der Waals surface area (Å²) >= 11 is 0. The summed E-state index contributed by atoms with van der Waals surface area (Å²) in [6, 6.07) is 0. The Hall–Kier alpha value is -1.89. The smallest absolute Gasteiger partial charge is 0.239 e. The van der Waals surface area contributed by atoms with Crippen LogP contribution in [0.3, 0.4) is 0 Å². The highest BCUT2D eigenvalue weighted by Crippen LogP contribution is 2.09. The molecule has 7 heteroatoms. The van der Waals surface area contributed by atoms with Crippen LogP contribution in [0, 0.1) is 5.92 Å². The summed E-state index contributed by atoms with van der Waals surface area (Å²) in [6.45, 7) is 5.00. The van der Waals surface area contributed by atoms with Crippen molar-refractivity contribution in [2.75, 3.05) is 30.5 Å². The predicted octanol–water partition coefficient (Wildman–Crippen LogP) is -0.0294. The van der Waals surface area contributed by atoms with E-state index < -0.39 is 0 Å². The number of amides is 1. The fourth-order valence-electron chi connectivity index (χ4n) is 1.28. The molecule has 1 amide bonds. The van der Waals surface area contributed by atoms with E-state index in [0.717, 1.165) is 0 Å². The van der Waals surface area contributed by atoms with E-state index in [1.54, 1.807) is 18.1 Å². The lowest BCUT2D eigenvalue weighted by molar-refractivity contribution is -0.119. The zero-order chi connectivity index (χ0) is 13.5.